The van der Waals surface area contributed by atoms with Gasteiger partial charge in [-0.2, -0.15) is 0 Å². The van der Waals surface area contributed by atoms with E-state index in [1.54, 1.807) is 0 Å². The van der Waals surface area contributed by atoms with Crippen molar-refractivity contribution in [2.45, 2.75) is 18.9 Å². The summed E-state index contributed by atoms with van der Waals surface area (Å²) >= 11 is 0. The average molecular weight is 179 g/mol. The van der Waals surface area contributed by atoms with Crippen molar-refractivity contribution in [1.29, 1.82) is 0 Å². The largest absolute Gasteiger partial charge is 0.487 e. The summed E-state index contributed by atoms with van der Waals surface area (Å²) in [5.41, 5.74) is 2.14. The van der Waals surface area contributed by atoms with Crippen LogP contribution in [-0.4, -0.2) is 12.8 Å². The van der Waals surface area contributed by atoms with E-state index in [-0.39, 0.29) is 6.10 Å². The smallest absolute Gasteiger partial charge is 0.127 e. The van der Waals surface area contributed by atoms with E-state index in [2.05, 4.69) is 6.92 Å². The van der Waals surface area contributed by atoms with E-state index in [1.807, 2.05) is 18.2 Å². The van der Waals surface area contributed by atoms with E-state index in [9.17, 15) is 4.39 Å². The van der Waals surface area contributed by atoms with Crippen molar-refractivity contribution in [2.75, 3.05) is 6.67 Å². The molecule has 0 saturated heterocycles. The second kappa shape index (κ2) is 3.36. The van der Waals surface area contributed by atoms with E-state index in [4.69, 9.17) is 4.74 Å². The highest BCUT2D eigenvalue weighted by Gasteiger charge is 2.18. The Kier molecular flexibility index (Phi) is 2.21. The number of alkyl halides is 1. The van der Waals surface area contributed by atoms with Gasteiger partial charge in [0, 0.05) is 0 Å². The number of benzene rings is 1. The van der Waals surface area contributed by atoms with Crippen LogP contribution in [0, 0.1) is 6.92 Å². The highest BCUT2D eigenvalue weighted by Crippen LogP contribution is 2.28. The van der Waals surface area contributed by atoms with Crippen molar-refractivity contribution < 1.29 is 9.13 Å². The van der Waals surface area contributed by atoms with E-state index in [1.165, 1.54) is 0 Å². The Morgan fingerprint density at radius 2 is 2.38 bits per heavy atom. The molecular weight excluding hydrogens is 167 g/mol. The average Bonchev–Trinajstić information content (AvgIpc) is 2.17. The molecule has 13 heavy (non-hydrogen) atoms. The van der Waals surface area contributed by atoms with Crippen molar-refractivity contribution in [3.63, 3.8) is 0 Å². The molecule has 69 valence electrons. The maximum Gasteiger partial charge on any atom is 0.127 e. The van der Waals surface area contributed by atoms with Gasteiger partial charge < -0.3 is 4.74 Å². The molecule has 0 aliphatic carbocycles. The molecule has 1 heterocycles. The number of hydrogen-bond donors (Lipinski definition) is 0. The number of halogens is 1. The van der Waals surface area contributed by atoms with Crippen LogP contribution < -0.4 is 4.74 Å². The second-order valence-electron chi connectivity index (χ2n) is 3.37. The van der Waals surface area contributed by atoms with Crippen LogP contribution in [0.2, 0.25) is 0 Å². The molecule has 0 fully saturated rings. The Labute approximate surface area is 77.5 Å². The first kappa shape index (κ1) is 8.54. The first-order valence-electron chi connectivity index (χ1n) is 4.47. The molecule has 1 aliphatic rings. The standard InChI is InChI=1S/C11H12FO/c1-8-2-5-11-9(6-8)3-4-10(7-12)13-11/h2,5-6,10H,1,3-4,7H2. The van der Waals surface area contributed by atoms with E-state index in [0.29, 0.717) is 0 Å². The minimum absolute atomic E-state index is 0.247. The van der Waals surface area contributed by atoms with Gasteiger partial charge >= 0.3 is 0 Å². The van der Waals surface area contributed by atoms with Gasteiger partial charge in [0.2, 0.25) is 0 Å². The molecule has 0 bridgehead atoms. The minimum Gasteiger partial charge on any atom is -0.487 e. The molecule has 1 radical (unpaired) electrons. The van der Waals surface area contributed by atoms with Crippen LogP contribution in [0.25, 0.3) is 0 Å². The Bertz CT molecular complexity index is 309. The van der Waals surface area contributed by atoms with E-state index in [0.717, 1.165) is 29.7 Å². The SMILES string of the molecule is [CH2]c1ccc2c(c1)CCC(CF)O2. The third kappa shape index (κ3) is 1.67. The monoisotopic (exact) mass is 179 g/mol. The predicted octanol–water partition coefficient (Wildman–Crippen LogP) is 2.53. The molecular formula is C11H12FO. The lowest BCUT2D eigenvalue weighted by Gasteiger charge is -2.24. The Balaban J connectivity index is 2.26. The van der Waals surface area contributed by atoms with Crippen LogP contribution in [0.5, 0.6) is 5.75 Å². The van der Waals surface area contributed by atoms with Crippen molar-refractivity contribution in [2.24, 2.45) is 0 Å². The Morgan fingerprint density at radius 1 is 1.54 bits per heavy atom. The summed E-state index contributed by atoms with van der Waals surface area (Å²) in [7, 11) is 0. The molecule has 0 spiro atoms. The maximum atomic E-state index is 12.3. The molecule has 1 aliphatic heterocycles. The molecule has 0 saturated carbocycles. The van der Waals surface area contributed by atoms with Gasteiger partial charge in [-0.05, 0) is 37.0 Å². The molecule has 1 atom stereocenters. The molecule has 0 N–H and O–H groups in total. The topological polar surface area (TPSA) is 9.23 Å². The fraction of sp³-hybridized carbons (Fsp3) is 0.364. The molecule has 1 aromatic rings. The fourth-order valence-corrected chi connectivity index (χ4v) is 1.61. The lowest BCUT2D eigenvalue weighted by atomic mass is 10.0. The van der Waals surface area contributed by atoms with Gasteiger partial charge in [0.15, 0.2) is 0 Å². The first-order chi connectivity index (χ1) is 6.29. The van der Waals surface area contributed by atoms with Gasteiger partial charge in [-0.3, -0.25) is 0 Å². The summed E-state index contributed by atoms with van der Waals surface area (Å²) in [6.07, 6.45) is 1.42. The van der Waals surface area contributed by atoms with Crippen molar-refractivity contribution in [1.82, 2.24) is 0 Å². The first-order valence-corrected chi connectivity index (χ1v) is 4.47. The van der Waals surface area contributed by atoms with Crippen LogP contribution in [0.1, 0.15) is 17.5 Å². The number of hydrogen-bond acceptors (Lipinski definition) is 1. The summed E-state index contributed by atoms with van der Waals surface area (Å²) in [5, 5.41) is 0. The van der Waals surface area contributed by atoms with Gasteiger partial charge in [-0.1, -0.05) is 12.1 Å². The van der Waals surface area contributed by atoms with Crippen LogP contribution in [0.15, 0.2) is 18.2 Å². The molecule has 0 amide bonds. The van der Waals surface area contributed by atoms with Gasteiger partial charge in [-0.15, -0.1) is 0 Å². The molecule has 0 aromatic heterocycles. The third-order valence-electron chi connectivity index (χ3n) is 2.33. The summed E-state index contributed by atoms with van der Waals surface area (Å²) in [5.74, 6) is 0.821. The molecule has 2 heteroatoms. The lowest BCUT2D eigenvalue weighted by molar-refractivity contribution is 0.141. The van der Waals surface area contributed by atoms with Crippen LogP contribution in [0.3, 0.4) is 0 Å². The summed E-state index contributed by atoms with van der Waals surface area (Å²) in [6.45, 7) is 3.44. The van der Waals surface area contributed by atoms with E-state index >= 15 is 0 Å². The zero-order valence-corrected chi connectivity index (χ0v) is 7.42. The fourth-order valence-electron chi connectivity index (χ4n) is 1.61. The van der Waals surface area contributed by atoms with Crippen LogP contribution in [0.4, 0.5) is 4.39 Å². The second-order valence-corrected chi connectivity index (χ2v) is 3.37. The van der Waals surface area contributed by atoms with Crippen molar-refractivity contribution in [3.05, 3.63) is 36.2 Å². The van der Waals surface area contributed by atoms with Gasteiger partial charge in [-0.25, -0.2) is 4.39 Å². The quantitative estimate of drug-likeness (QED) is 0.643. The molecule has 1 nitrogen and oxygen atoms in total. The van der Waals surface area contributed by atoms with Crippen LogP contribution >= 0.6 is 0 Å². The van der Waals surface area contributed by atoms with Crippen molar-refractivity contribution in [3.8, 4) is 5.75 Å². The van der Waals surface area contributed by atoms with Gasteiger partial charge in [0.05, 0.1) is 0 Å². The summed E-state index contributed by atoms with van der Waals surface area (Å²) < 4.78 is 17.7. The maximum absolute atomic E-state index is 12.3. The normalized spacial score (nSPS) is 20.6. The lowest BCUT2D eigenvalue weighted by Crippen LogP contribution is -2.24. The number of aryl methyl sites for hydroxylation is 1. The highest BCUT2D eigenvalue weighted by molar-refractivity contribution is 5.39. The van der Waals surface area contributed by atoms with Crippen LogP contribution in [-0.2, 0) is 6.42 Å². The Hall–Kier alpha value is -1.05. The minimum atomic E-state index is -0.397. The van der Waals surface area contributed by atoms with Crippen molar-refractivity contribution >= 4 is 0 Å². The summed E-state index contributed by atoms with van der Waals surface area (Å²) in [4.78, 5) is 0. The zero-order chi connectivity index (χ0) is 9.26. The third-order valence-corrected chi connectivity index (χ3v) is 2.33. The molecule has 1 aromatic carbocycles. The number of rotatable bonds is 1. The number of ether oxygens (including phenoxy) is 1. The zero-order valence-electron chi connectivity index (χ0n) is 7.42. The predicted molar refractivity (Wildman–Crippen MR) is 49.6 cm³/mol. The molecule has 1 unspecified atom stereocenters. The highest BCUT2D eigenvalue weighted by atomic mass is 19.1. The van der Waals surface area contributed by atoms with Gasteiger partial charge in [0.25, 0.3) is 0 Å². The molecule has 2 rings (SSSR count). The Morgan fingerprint density at radius 3 is 3.15 bits per heavy atom. The number of fused-ring (bicyclic) bond motifs is 1. The summed E-state index contributed by atoms with van der Waals surface area (Å²) in [6, 6.07) is 5.77. The van der Waals surface area contributed by atoms with Gasteiger partial charge in [0.1, 0.15) is 18.5 Å². The van der Waals surface area contributed by atoms with E-state index < -0.39 is 6.67 Å².